The van der Waals surface area contributed by atoms with Gasteiger partial charge in [-0.3, -0.25) is 0 Å². The average molecular weight is 277 g/mol. The maximum absolute atomic E-state index is 5.24. The van der Waals surface area contributed by atoms with Gasteiger partial charge in [0.25, 0.3) is 0 Å². The van der Waals surface area contributed by atoms with Gasteiger partial charge in [0.05, 0.1) is 11.5 Å². The van der Waals surface area contributed by atoms with Crippen molar-refractivity contribution in [3.63, 3.8) is 0 Å². The van der Waals surface area contributed by atoms with Gasteiger partial charge in [-0.25, -0.2) is 0 Å². The zero-order valence-electron chi connectivity index (χ0n) is 10.3. The predicted octanol–water partition coefficient (Wildman–Crippen LogP) is 2.31. The Hall–Kier alpha value is -2.09. The van der Waals surface area contributed by atoms with Gasteiger partial charge < -0.3 is 13.5 Å². The second kappa shape index (κ2) is 4.88. The highest BCUT2D eigenvalue weighted by Gasteiger charge is 2.19. The highest BCUT2D eigenvalue weighted by Crippen LogP contribution is 2.33. The van der Waals surface area contributed by atoms with Crippen molar-refractivity contribution in [1.82, 2.24) is 24.9 Å². The number of aromatic nitrogens is 5. The first-order valence-electron chi connectivity index (χ1n) is 5.62. The zero-order chi connectivity index (χ0) is 13.2. The van der Waals surface area contributed by atoms with Crippen molar-refractivity contribution in [2.24, 2.45) is 7.05 Å². The van der Waals surface area contributed by atoms with Crippen molar-refractivity contribution >= 4 is 11.8 Å². The minimum atomic E-state index is -0.0147. The van der Waals surface area contributed by atoms with E-state index in [1.165, 1.54) is 11.8 Å². The van der Waals surface area contributed by atoms with Crippen molar-refractivity contribution < 1.29 is 8.94 Å². The van der Waals surface area contributed by atoms with Gasteiger partial charge in [0.15, 0.2) is 10.9 Å². The van der Waals surface area contributed by atoms with Gasteiger partial charge in [-0.1, -0.05) is 16.9 Å². The van der Waals surface area contributed by atoms with E-state index in [9.17, 15) is 0 Å². The summed E-state index contributed by atoms with van der Waals surface area (Å²) in [5, 5.41) is 12.5. The molecule has 0 bridgehead atoms. The quantitative estimate of drug-likeness (QED) is 0.676. The number of rotatable bonds is 4. The lowest BCUT2D eigenvalue weighted by atomic mass is 10.4. The summed E-state index contributed by atoms with van der Waals surface area (Å²) >= 11 is 1.50. The summed E-state index contributed by atoms with van der Waals surface area (Å²) in [7, 11) is 1.89. The van der Waals surface area contributed by atoms with Gasteiger partial charge in [0.2, 0.25) is 11.7 Å². The van der Waals surface area contributed by atoms with E-state index in [4.69, 9.17) is 8.94 Å². The van der Waals surface area contributed by atoms with E-state index in [-0.39, 0.29) is 5.25 Å². The van der Waals surface area contributed by atoms with Gasteiger partial charge in [-0.2, -0.15) is 4.98 Å². The Morgan fingerprint density at radius 1 is 1.42 bits per heavy atom. The Morgan fingerprint density at radius 3 is 3.00 bits per heavy atom. The Balaban J connectivity index is 1.77. The molecule has 0 unspecified atom stereocenters. The number of furan rings is 1. The van der Waals surface area contributed by atoms with Gasteiger partial charge in [-0.15, -0.1) is 10.2 Å². The molecule has 7 nitrogen and oxygen atoms in total. The van der Waals surface area contributed by atoms with E-state index in [0.29, 0.717) is 17.5 Å². The van der Waals surface area contributed by atoms with E-state index in [1.807, 2.05) is 18.5 Å². The molecule has 0 aliphatic rings. The van der Waals surface area contributed by atoms with Crippen molar-refractivity contribution in [1.29, 1.82) is 0 Å². The van der Waals surface area contributed by atoms with E-state index in [2.05, 4.69) is 20.3 Å². The van der Waals surface area contributed by atoms with Crippen LogP contribution in [0.2, 0.25) is 0 Å². The normalized spacial score (nSPS) is 12.7. The number of aryl methyl sites for hydroxylation is 1. The molecule has 1 atom stereocenters. The molecule has 0 N–H and O–H groups in total. The van der Waals surface area contributed by atoms with Crippen molar-refractivity contribution in [2.45, 2.75) is 17.3 Å². The van der Waals surface area contributed by atoms with Gasteiger partial charge in [-0.05, 0) is 19.1 Å². The molecule has 0 aliphatic heterocycles. The topological polar surface area (TPSA) is 82.8 Å². The highest BCUT2D eigenvalue weighted by atomic mass is 32.2. The summed E-state index contributed by atoms with van der Waals surface area (Å²) in [6.07, 6.45) is 3.22. The third kappa shape index (κ3) is 2.39. The van der Waals surface area contributed by atoms with Crippen LogP contribution in [-0.4, -0.2) is 24.9 Å². The first-order valence-corrected chi connectivity index (χ1v) is 6.50. The molecular weight excluding hydrogens is 266 g/mol. The predicted molar refractivity (Wildman–Crippen MR) is 67.3 cm³/mol. The highest BCUT2D eigenvalue weighted by molar-refractivity contribution is 7.99. The van der Waals surface area contributed by atoms with Crippen LogP contribution in [-0.2, 0) is 7.05 Å². The standard InChI is InChI=1S/C11H11N5O2S/c1-7(19-11-14-12-6-16(11)2)10-13-9(15-18-10)8-4-3-5-17-8/h3-7H,1-2H3/t7-/m0/s1. The lowest BCUT2D eigenvalue weighted by Gasteiger charge is -2.04. The van der Waals surface area contributed by atoms with Gasteiger partial charge >= 0.3 is 0 Å². The van der Waals surface area contributed by atoms with E-state index >= 15 is 0 Å². The van der Waals surface area contributed by atoms with Crippen LogP contribution in [0.3, 0.4) is 0 Å². The fraction of sp³-hybridized carbons (Fsp3) is 0.273. The summed E-state index contributed by atoms with van der Waals surface area (Å²) < 4.78 is 12.3. The smallest absolute Gasteiger partial charge is 0.240 e. The molecule has 0 spiro atoms. The minimum absolute atomic E-state index is 0.0147. The average Bonchev–Trinajstić information content (AvgIpc) is 3.09. The fourth-order valence-corrected chi connectivity index (χ4v) is 2.31. The molecule has 0 fully saturated rings. The Bertz CT molecular complexity index is 660. The van der Waals surface area contributed by atoms with Gasteiger partial charge in [0.1, 0.15) is 6.33 Å². The lowest BCUT2D eigenvalue weighted by molar-refractivity contribution is 0.379. The number of nitrogens with zero attached hydrogens (tertiary/aromatic N) is 5. The van der Waals surface area contributed by atoms with Crippen LogP contribution in [0.5, 0.6) is 0 Å². The molecule has 0 amide bonds. The number of hydrogen-bond acceptors (Lipinski definition) is 7. The molecule has 0 saturated heterocycles. The van der Waals surface area contributed by atoms with Crippen LogP contribution >= 0.6 is 11.8 Å². The summed E-state index contributed by atoms with van der Waals surface area (Å²) in [4.78, 5) is 4.31. The molecule has 0 radical (unpaired) electrons. The van der Waals surface area contributed by atoms with Gasteiger partial charge in [0, 0.05) is 7.05 Å². The summed E-state index contributed by atoms with van der Waals surface area (Å²) in [5.41, 5.74) is 0. The summed E-state index contributed by atoms with van der Waals surface area (Å²) in [6, 6.07) is 3.57. The fourth-order valence-electron chi connectivity index (χ4n) is 1.49. The number of hydrogen-bond donors (Lipinski definition) is 0. The van der Waals surface area contributed by atoms with Crippen molar-refractivity contribution in [3.8, 4) is 11.6 Å². The zero-order valence-corrected chi connectivity index (χ0v) is 11.2. The molecule has 0 aromatic carbocycles. The first kappa shape index (κ1) is 12.0. The lowest BCUT2D eigenvalue weighted by Crippen LogP contribution is -1.94. The molecule has 3 aromatic heterocycles. The third-order valence-corrected chi connectivity index (χ3v) is 3.62. The third-order valence-electron chi connectivity index (χ3n) is 2.48. The maximum Gasteiger partial charge on any atom is 0.240 e. The van der Waals surface area contributed by atoms with Crippen LogP contribution in [0.4, 0.5) is 0 Å². The SMILES string of the molecule is C[C@H](Sc1nncn1C)c1nc(-c2ccco2)no1. The molecule has 98 valence electrons. The first-order chi connectivity index (χ1) is 9.24. The van der Waals surface area contributed by atoms with Crippen molar-refractivity contribution in [3.05, 3.63) is 30.6 Å². The second-order valence-corrected chi connectivity index (χ2v) is 5.23. The Morgan fingerprint density at radius 2 is 2.32 bits per heavy atom. The molecule has 3 rings (SSSR count). The molecule has 8 heteroatoms. The molecule has 19 heavy (non-hydrogen) atoms. The summed E-state index contributed by atoms with van der Waals surface area (Å²) in [5.74, 6) is 1.57. The molecule has 3 aromatic rings. The van der Waals surface area contributed by atoms with E-state index in [0.717, 1.165) is 5.16 Å². The molecule has 0 aliphatic carbocycles. The van der Waals surface area contributed by atoms with Crippen LogP contribution < -0.4 is 0 Å². The molecular formula is C11H11N5O2S. The van der Waals surface area contributed by atoms with Crippen LogP contribution in [0, 0.1) is 0 Å². The van der Waals surface area contributed by atoms with Crippen LogP contribution in [0.15, 0.2) is 38.8 Å². The van der Waals surface area contributed by atoms with E-state index in [1.54, 1.807) is 24.7 Å². The molecule has 0 saturated carbocycles. The van der Waals surface area contributed by atoms with Crippen molar-refractivity contribution in [2.75, 3.05) is 0 Å². The van der Waals surface area contributed by atoms with E-state index < -0.39 is 0 Å². The van der Waals surface area contributed by atoms with Crippen LogP contribution in [0.1, 0.15) is 18.1 Å². The Kier molecular flexibility index (Phi) is 3.08. The maximum atomic E-state index is 5.24. The summed E-state index contributed by atoms with van der Waals surface area (Å²) in [6.45, 7) is 1.97. The Labute approximate surface area is 113 Å². The molecule has 3 heterocycles. The number of thioether (sulfide) groups is 1. The monoisotopic (exact) mass is 277 g/mol. The second-order valence-electron chi connectivity index (χ2n) is 3.92. The minimum Gasteiger partial charge on any atom is -0.461 e. The van der Waals surface area contributed by atoms with Crippen LogP contribution in [0.25, 0.3) is 11.6 Å². The largest absolute Gasteiger partial charge is 0.461 e.